The molecule has 0 saturated heterocycles. The van der Waals surface area contributed by atoms with E-state index in [4.69, 9.17) is 9.84 Å². The van der Waals surface area contributed by atoms with Crippen LogP contribution >= 0.6 is 15.9 Å². The van der Waals surface area contributed by atoms with E-state index in [1.165, 1.54) is 4.68 Å². The molecule has 0 fully saturated rings. The lowest BCUT2D eigenvalue weighted by Crippen LogP contribution is -2.05. The van der Waals surface area contributed by atoms with Crippen LogP contribution in [-0.2, 0) is 13.5 Å². The summed E-state index contributed by atoms with van der Waals surface area (Å²) in [6.07, 6.45) is 0.541. The zero-order valence-electron chi connectivity index (χ0n) is 10.6. The molecule has 100 valence electrons. The topological polar surface area (TPSA) is 64.4 Å². The monoisotopic (exact) mass is 324 g/mol. The van der Waals surface area contributed by atoms with Crippen LogP contribution in [0, 0.1) is 0 Å². The maximum absolute atomic E-state index is 11.1. The van der Waals surface area contributed by atoms with Gasteiger partial charge in [-0.1, -0.05) is 12.1 Å². The van der Waals surface area contributed by atoms with E-state index in [9.17, 15) is 4.79 Å². The smallest absolute Gasteiger partial charge is 0.355 e. The van der Waals surface area contributed by atoms with Gasteiger partial charge in [0.05, 0.1) is 17.3 Å². The van der Waals surface area contributed by atoms with Gasteiger partial charge in [-0.25, -0.2) is 4.79 Å². The molecule has 19 heavy (non-hydrogen) atoms. The molecule has 0 aliphatic heterocycles. The Morgan fingerprint density at radius 2 is 2.26 bits per heavy atom. The summed E-state index contributed by atoms with van der Waals surface area (Å²) < 4.78 is 7.04. The van der Waals surface area contributed by atoms with Crippen molar-refractivity contribution in [2.45, 2.75) is 6.42 Å². The molecule has 1 aromatic heterocycles. The summed E-state index contributed by atoms with van der Waals surface area (Å²) >= 11 is 3.30. The van der Waals surface area contributed by atoms with Crippen LogP contribution in [0.5, 0.6) is 5.75 Å². The van der Waals surface area contributed by atoms with E-state index in [-0.39, 0.29) is 5.69 Å². The third kappa shape index (κ3) is 2.78. The molecule has 0 aliphatic rings. The van der Waals surface area contributed by atoms with Gasteiger partial charge in [-0.2, -0.15) is 5.10 Å². The third-order valence-electron chi connectivity index (χ3n) is 2.76. The Morgan fingerprint density at radius 1 is 1.53 bits per heavy atom. The summed E-state index contributed by atoms with van der Waals surface area (Å²) in [6.45, 7) is 0. The number of benzene rings is 1. The Bertz CT molecular complexity index is 622. The summed E-state index contributed by atoms with van der Waals surface area (Å²) in [5.41, 5.74) is 1.85. The molecule has 0 radical (unpaired) electrons. The number of hydrogen-bond acceptors (Lipinski definition) is 3. The maximum Gasteiger partial charge on any atom is 0.355 e. The quantitative estimate of drug-likeness (QED) is 0.938. The first-order valence-electron chi connectivity index (χ1n) is 5.60. The normalized spacial score (nSPS) is 10.5. The largest absolute Gasteiger partial charge is 0.497 e. The van der Waals surface area contributed by atoms with Gasteiger partial charge in [-0.15, -0.1) is 0 Å². The highest BCUT2D eigenvalue weighted by Gasteiger charge is 2.19. The van der Waals surface area contributed by atoms with Gasteiger partial charge in [-0.05, 0) is 33.6 Å². The lowest BCUT2D eigenvalue weighted by atomic mass is 10.1. The molecule has 1 heterocycles. The van der Waals surface area contributed by atoms with Crippen LogP contribution < -0.4 is 4.74 Å². The second-order valence-electron chi connectivity index (χ2n) is 4.07. The molecule has 1 N–H and O–H groups in total. The minimum absolute atomic E-state index is 0.151. The van der Waals surface area contributed by atoms with Gasteiger partial charge in [0.2, 0.25) is 0 Å². The molecule has 2 rings (SSSR count). The number of carbonyl (C=O) groups is 1. The first kappa shape index (κ1) is 13.6. The Morgan fingerprint density at radius 3 is 2.84 bits per heavy atom. The molecule has 2 aromatic rings. The predicted molar refractivity (Wildman–Crippen MR) is 73.7 cm³/mol. The van der Waals surface area contributed by atoms with E-state index >= 15 is 0 Å². The van der Waals surface area contributed by atoms with Gasteiger partial charge < -0.3 is 9.84 Å². The van der Waals surface area contributed by atoms with E-state index in [0.29, 0.717) is 16.6 Å². The second kappa shape index (κ2) is 5.44. The van der Waals surface area contributed by atoms with Crippen LogP contribution in [0.3, 0.4) is 0 Å². The predicted octanol–water partition coefficient (Wildman–Crippen LogP) is 2.48. The summed E-state index contributed by atoms with van der Waals surface area (Å²) in [7, 11) is 3.22. The molecule has 6 heteroatoms. The highest BCUT2D eigenvalue weighted by atomic mass is 79.9. The molecule has 0 saturated carbocycles. The number of hydrogen-bond donors (Lipinski definition) is 1. The Balaban J connectivity index is 2.33. The van der Waals surface area contributed by atoms with Gasteiger partial charge >= 0.3 is 5.97 Å². The minimum Gasteiger partial charge on any atom is -0.497 e. The van der Waals surface area contributed by atoms with Crippen molar-refractivity contribution < 1.29 is 14.6 Å². The molecular formula is C13H13BrN2O3. The van der Waals surface area contributed by atoms with E-state index in [1.54, 1.807) is 14.2 Å². The van der Waals surface area contributed by atoms with E-state index < -0.39 is 5.97 Å². The van der Waals surface area contributed by atoms with Gasteiger partial charge in [0.1, 0.15) is 5.75 Å². The number of nitrogens with zero attached hydrogens (tertiary/aromatic N) is 2. The standard InChI is InChI=1S/C13H13BrN2O3/c1-16-12(13(17)18)11(14)10(15-16)7-8-4-3-5-9(6-8)19-2/h3-6H,7H2,1-2H3,(H,17,18). The number of aromatic carboxylic acids is 1. The minimum atomic E-state index is -1.00. The zero-order valence-corrected chi connectivity index (χ0v) is 12.1. The van der Waals surface area contributed by atoms with Crippen molar-refractivity contribution >= 4 is 21.9 Å². The molecular weight excluding hydrogens is 312 g/mol. The molecule has 0 spiro atoms. The Labute approximate surface area is 118 Å². The second-order valence-corrected chi connectivity index (χ2v) is 4.86. The molecule has 0 aliphatic carbocycles. The highest BCUT2D eigenvalue weighted by molar-refractivity contribution is 9.10. The van der Waals surface area contributed by atoms with Crippen LogP contribution in [0.25, 0.3) is 0 Å². The van der Waals surface area contributed by atoms with Crippen molar-refractivity contribution in [3.8, 4) is 5.75 Å². The maximum atomic E-state index is 11.1. The molecule has 0 amide bonds. The van der Waals surface area contributed by atoms with Gasteiger partial charge in [0.25, 0.3) is 0 Å². The first-order valence-corrected chi connectivity index (χ1v) is 6.39. The van der Waals surface area contributed by atoms with Crippen molar-refractivity contribution in [2.24, 2.45) is 7.05 Å². The average Bonchev–Trinajstić information content (AvgIpc) is 2.64. The number of rotatable bonds is 4. The van der Waals surface area contributed by atoms with Crippen LogP contribution in [0.4, 0.5) is 0 Å². The van der Waals surface area contributed by atoms with E-state index in [1.807, 2.05) is 24.3 Å². The number of halogens is 1. The lowest BCUT2D eigenvalue weighted by Gasteiger charge is -2.03. The van der Waals surface area contributed by atoms with E-state index in [0.717, 1.165) is 11.3 Å². The highest BCUT2D eigenvalue weighted by Crippen LogP contribution is 2.24. The number of methoxy groups -OCH3 is 1. The zero-order chi connectivity index (χ0) is 14.0. The van der Waals surface area contributed by atoms with Gasteiger partial charge in [-0.3, -0.25) is 4.68 Å². The van der Waals surface area contributed by atoms with Crippen molar-refractivity contribution in [1.82, 2.24) is 9.78 Å². The van der Waals surface area contributed by atoms with Crippen LogP contribution in [-0.4, -0.2) is 28.0 Å². The van der Waals surface area contributed by atoms with E-state index in [2.05, 4.69) is 21.0 Å². The van der Waals surface area contributed by atoms with Crippen LogP contribution in [0.2, 0.25) is 0 Å². The van der Waals surface area contributed by atoms with Crippen molar-refractivity contribution in [1.29, 1.82) is 0 Å². The number of carboxylic acid groups (broad SMARTS) is 1. The molecule has 0 bridgehead atoms. The summed E-state index contributed by atoms with van der Waals surface area (Å²) in [5, 5.41) is 13.3. The summed E-state index contributed by atoms with van der Waals surface area (Å²) in [4.78, 5) is 11.1. The van der Waals surface area contributed by atoms with Crippen LogP contribution in [0.15, 0.2) is 28.7 Å². The van der Waals surface area contributed by atoms with Crippen molar-refractivity contribution in [3.63, 3.8) is 0 Å². The summed E-state index contributed by atoms with van der Waals surface area (Å²) in [5.74, 6) is -0.234. The Hall–Kier alpha value is -1.82. The van der Waals surface area contributed by atoms with Crippen molar-refractivity contribution in [3.05, 3.63) is 45.7 Å². The third-order valence-corrected chi connectivity index (χ3v) is 3.60. The van der Waals surface area contributed by atoms with Gasteiger partial charge in [0, 0.05) is 13.5 Å². The van der Waals surface area contributed by atoms with Gasteiger partial charge in [0.15, 0.2) is 5.69 Å². The SMILES string of the molecule is COc1cccc(Cc2nn(C)c(C(=O)O)c2Br)c1. The number of ether oxygens (including phenoxy) is 1. The average molecular weight is 325 g/mol. The fraction of sp³-hybridized carbons (Fsp3) is 0.231. The van der Waals surface area contributed by atoms with Crippen LogP contribution in [0.1, 0.15) is 21.7 Å². The number of aromatic nitrogens is 2. The summed E-state index contributed by atoms with van der Waals surface area (Å²) in [6, 6.07) is 7.61. The fourth-order valence-electron chi connectivity index (χ4n) is 1.87. The molecule has 5 nitrogen and oxygen atoms in total. The molecule has 1 aromatic carbocycles. The number of aryl methyl sites for hydroxylation is 1. The molecule has 0 atom stereocenters. The Kier molecular flexibility index (Phi) is 3.90. The van der Waals surface area contributed by atoms with Crippen molar-refractivity contribution in [2.75, 3.05) is 7.11 Å². The fourth-order valence-corrected chi connectivity index (χ4v) is 2.52. The molecule has 0 unspecified atom stereocenters. The first-order chi connectivity index (χ1) is 9.02. The lowest BCUT2D eigenvalue weighted by molar-refractivity contribution is 0.0684. The number of carboxylic acids is 1.